The summed E-state index contributed by atoms with van der Waals surface area (Å²) in [5, 5.41) is 0.490. The average Bonchev–Trinajstić information content (AvgIpc) is 3.19. The maximum absolute atomic E-state index is 14.3. The SMILES string of the molecule is CCOC(=O)COc1ccc(/C=C2\SC(=Nc3ccccc3F)N(C3CCCCC3)C2=O)cc1OC. The molecular weight excluding hydrogens is 483 g/mol. The molecule has 0 unspecified atom stereocenters. The zero-order valence-corrected chi connectivity index (χ0v) is 21.2. The molecular formula is C27H29FN2O5S. The fourth-order valence-electron chi connectivity index (χ4n) is 4.26. The number of hydrogen-bond donors (Lipinski definition) is 0. The van der Waals surface area contributed by atoms with Gasteiger partial charge in [-0.2, -0.15) is 0 Å². The molecule has 2 aromatic rings. The van der Waals surface area contributed by atoms with Gasteiger partial charge in [-0.05, 0) is 67.4 Å². The number of amides is 1. The Labute approximate surface area is 214 Å². The summed E-state index contributed by atoms with van der Waals surface area (Å²) in [6, 6.07) is 11.5. The minimum atomic E-state index is -0.469. The molecule has 0 aromatic heterocycles. The van der Waals surface area contributed by atoms with Gasteiger partial charge in [0.1, 0.15) is 11.5 Å². The third-order valence-corrected chi connectivity index (χ3v) is 6.96. The van der Waals surface area contributed by atoms with Crippen LogP contribution in [0.15, 0.2) is 52.4 Å². The number of rotatable bonds is 8. The van der Waals surface area contributed by atoms with Crippen LogP contribution in [0.5, 0.6) is 11.5 Å². The molecule has 1 saturated carbocycles. The van der Waals surface area contributed by atoms with Gasteiger partial charge in [-0.15, -0.1) is 0 Å². The van der Waals surface area contributed by atoms with Crippen molar-refractivity contribution in [3.63, 3.8) is 0 Å². The summed E-state index contributed by atoms with van der Waals surface area (Å²) in [6.45, 7) is 1.77. The van der Waals surface area contributed by atoms with E-state index in [-0.39, 0.29) is 30.9 Å². The number of methoxy groups -OCH3 is 1. The number of amidine groups is 1. The van der Waals surface area contributed by atoms with E-state index >= 15 is 0 Å². The highest BCUT2D eigenvalue weighted by molar-refractivity contribution is 8.18. The number of carbonyl (C=O) groups excluding carboxylic acids is 2. The molecule has 7 nitrogen and oxygen atoms in total. The van der Waals surface area contributed by atoms with Gasteiger partial charge in [0.2, 0.25) is 0 Å². The number of aliphatic imine (C=N–C) groups is 1. The second kappa shape index (κ2) is 12.1. The molecule has 1 aliphatic heterocycles. The highest BCUT2D eigenvalue weighted by Crippen LogP contribution is 2.39. The van der Waals surface area contributed by atoms with E-state index in [1.54, 1.807) is 54.3 Å². The van der Waals surface area contributed by atoms with Crippen LogP contribution in [0, 0.1) is 5.82 Å². The van der Waals surface area contributed by atoms with E-state index in [0.717, 1.165) is 37.7 Å². The fourth-order valence-corrected chi connectivity index (χ4v) is 5.31. The molecule has 1 amide bonds. The number of nitrogens with zero attached hydrogens (tertiary/aromatic N) is 2. The van der Waals surface area contributed by atoms with Crippen LogP contribution in [0.25, 0.3) is 6.08 Å². The van der Waals surface area contributed by atoms with E-state index in [1.807, 2.05) is 0 Å². The van der Waals surface area contributed by atoms with Gasteiger partial charge < -0.3 is 14.2 Å². The van der Waals surface area contributed by atoms with E-state index in [4.69, 9.17) is 14.2 Å². The van der Waals surface area contributed by atoms with Gasteiger partial charge in [0.25, 0.3) is 5.91 Å². The fraction of sp³-hybridized carbons (Fsp3) is 0.370. The number of ether oxygens (including phenoxy) is 3. The standard InChI is InChI=1S/C27H29FN2O5S/c1-3-34-25(31)17-35-22-14-13-18(15-23(22)33-2)16-24-26(32)30(19-9-5-4-6-10-19)27(36-24)29-21-12-8-7-11-20(21)28/h7-8,11-16,19H,3-6,9-10,17H2,1-2H3/b24-16-,29-27?. The van der Waals surface area contributed by atoms with Crippen LogP contribution in [0.4, 0.5) is 10.1 Å². The van der Waals surface area contributed by atoms with Crippen LogP contribution in [0.2, 0.25) is 0 Å². The Morgan fingerprint density at radius 3 is 2.67 bits per heavy atom. The largest absolute Gasteiger partial charge is 0.493 e. The molecule has 0 N–H and O–H groups in total. The topological polar surface area (TPSA) is 77.4 Å². The Hall–Kier alpha value is -3.33. The quantitative estimate of drug-likeness (QED) is 0.333. The lowest BCUT2D eigenvalue weighted by Crippen LogP contribution is -2.40. The van der Waals surface area contributed by atoms with Crippen LogP contribution in [-0.4, -0.2) is 48.3 Å². The van der Waals surface area contributed by atoms with Crippen LogP contribution in [0.3, 0.4) is 0 Å². The van der Waals surface area contributed by atoms with Crippen molar-refractivity contribution < 1.29 is 28.2 Å². The molecule has 2 fully saturated rings. The Morgan fingerprint density at radius 1 is 1.17 bits per heavy atom. The summed E-state index contributed by atoms with van der Waals surface area (Å²) in [5.74, 6) is -0.216. The summed E-state index contributed by atoms with van der Waals surface area (Å²) in [7, 11) is 1.50. The molecule has 0 spiro atoms. The molecule has 0 radical (unpaired) electrons. The molecule has 1 aliphatic carbocycles. The molecule has 2 aliphatic rings. The number of thioether (sulfide) groups is 1. The summed E-state index contributed by atoms with van der Waals surface area (Å²) in [4.78, 5) is 31.9. The third kappa shape index (κ3) is 6.07. The van der Waals surface area contributed by atoms with Crippen molar-refractivity contribution in [3.05, 3.63) is 58.8 Å². The van der Waals surface area contributed by atoms with Crippen molar-refractivity contribution >= 4 is 40.6 Å². The predicted molar refractivity (Wildman–Crippen MR) is 138 cm³/mol. The Balaban J connectivity index is 1.61. The summed E-state index contributed by atoms with van der Waals surface area (Å²) in [5.41, 5.74) is 0.932. The second-order valence-corrected chi connectivity index (χ2v) is 9.44. The van der Waals surface area contributed by atoms with Gasteiger partial charge in [0, 0.05) is 6.04 Å². The lowest BCUT2D eigenvalue weighted by atomic mass is 9.94. The third-order valence-electron chi connectivity index (χ3n) is 5.98. The normalized spacial score (nSPS) is 18.6. The second-order valence-electron chi connectivity index (χ2n) is 8.43. The predicted octanol–water partition coefficient (Wildman–Crippen LogP) is 5.71. The first-order valence-electron chi connectivity index (χ1n) is 12.0. The Kier molecular flexibility index (Phi) is 8.64. The van der Waals surface area contributed by atoms with E-state index in [2.05, 4.69) is 4.99 Å². The molecule has 1 heterocycles. The van der Waals surface area contributed by atoms with Gasteiger partial charge in [-0.25, -0.2) is 14.2 Å². The monoisotopic (exact) mass is 512 g/mol. The van der Waals surface area contributed by atoms with Crippen LogP contribution in [0.1, 0.15) is 44.6 Å². The van der Waals surface area contributed by atoms with Crippen molar-refractivity contribution in [3.8, 4) is 11.5 Å². The van der Waals surface area contributed by atoms with Crippen LogP contribution >= 0.6 is 11.8 Å². The van der Waals surface area contributed by atoms with Crippen LogP contribution < -0.4 is 9.47 Å². The maximum atomic E-state index is 14.3. The minimum Gasteiger partial charge on any atom is -0.493 e. The van der Waals surface area contributed by atoms with E-state index < -0.39 is 11.8 Å². The van der Waals surface area contributed by atoms with Crippen molar-refractivity contribution in [2.45, 2.75) is 45.1 Å². The number of hydrogen-bond acceptors (Lipinski definition) is 7. The van der Waals surface area contributed by atoms with Gasteiger partial charge >= 0.3 is 5.97 Å². The number of carbonyl (C=O) groups is 2. The summed E-state index contributed by atoms with van der Waals surface area (Å²) < 4.78 is 30.2. The zero-order valence-electron chi connectivity index (χ0n) is 20.4. The number of esters is 1. The number of benzene rings is 2. The van der Waals surface area contributed by atoms with E-state index in [1.165, 1.54) is 24.9 Å². The van der Waals surface area contributed by atoms with Crippen molar-refractivity contribution in [2.75, 3.05) is 20.3 Å². The van der Waals surface area contributed by atoms with E-state index in [9.17, 15) is 14.0 Å². The first-order valence-corrected chi connectivity index (χ1v) is 12.8. The molecule has 190 valence electrons. The number of para-hydroxylation sites is 1. The first-order chi connectivity index (χ1) is 17.5. The highest BCUT2D eigenvalue weighted by Gasteiger charge is 2.38. The van der Waals surface area contributed by atoms with E-state index in [0.29, 0.717) is 21.6 Å². The summed E-state index contributed by atoms with van der Waals surface area (Å²) >= 11 is 1.24. The molecule has 9 heteroatoms. The van der Waals surface area contributed by atoms with Gasteiger partial charge in [0.05, 0.1) is 18.6 Å². The van der Waals surface area contributed by atoms with Crippen molar-refractivity contribution in [1.29, 1.82) is 0 Å². The first kappa shape index (κ1) is 25.8. The van der Waals surface area contributed by atoms with Crippen LogP contribution in [-0.2, 0) is 14.3 Å². The van der Waals surface area contributed by atoms with Crippen molar-refractivity contribution in [2.24, 2.45) is 4.99 Å². The van der Waals surface area contributed by atoms with Gasteiger partial charge in [-0.1, -0.05) is 37.5 Å². The maximum Gasteiger partial charge on any atom is 0.344 e. The lowest BCUT2D eigenvalue weighted by molar-refractivity contribution is -0.145. The Morgan fingerprint density at radius 2 is 1.94 bits per heavy atom. The Bertz CT molecular complexity index is 1180. The molecule has 0 atom stereocenters. The number of halogens is 1. The zero-order chi connectivity index (χ0) is 25.5. The van der Waals surface area contributed by atoms with Crippen molar-refractivity contribution in [1.82, 2.24) is 4.90 Å². The molecule has 0 bridgehead atoms. The molecule has 36 heavy (non-hydrogen) atoms. The molecule has 2 aromatic carbocycles. The molecule has 4 rings (SSSR count). The smallest absolute Gasteiger partial charge is 0.344 e. The van der Waals surface area contributed by atoms with Gasteiger partial charge in [-0.3, -0.25) is 9.69 Å². The summed E-state index contributed by atoms with van der Waals surface area (Å²) in [6.07, 6.45) is 6.82. The van der Waals surface area contributed by atoms with Gasteiger partial charge in [0.15, 0.2) is 23.3 Å². The average molecular weight is 513 g/mol. The molecule has 1 saturated heterocycles. The lowest BCUT2D eigenvalue weighted by Gasteiger charge is -2.30. The minimum absolute atomic E-state index is 0.0448. The highest BCUT2D eigenvalue weighted by atomic mass is 32.2.